The van der Waals surface area contributed by atoms with E-state index in [1.807, 2.05) is 0 Å². The fraction of sp³-hybridized carbons (Fsp3) is 0.107. The molecule has 0 heterocycles. The van der Waals surface area contributed by atoms with Gasteiger partial charge in [0.1, 0.15) is 0 Å². The van der Waals surface area contributed by atoms with Crippen LogP contribution in [0.3, 0.4) is 0 Å². The lowest BCUT2D eigenvalue weighted by Gasteiger charge is -2.32. The summed E-state index contributed by atoms with van der Waals surface area (Å²) in [6.07, 6.45) is 0. The molecule has 0 amide bonds. The van der Waals surface area contributed by atoms with Crippen molar-refractivity contribution in [3.05, 3.63) is 210 Å². The number of hydrogen-bond donors (Lipinski definition) is 0. The molecule has 1 nitrogen and oxygen atoms in total. The third-order valence-electron chi connectivity index (χ3n) is 13.1. The van der Waals surface area contributed by atoms with Crippen molar-refractivity contribution in [1.82, 2.24) is 0 Å². The first kappa shape index (κ1) is 33.6. The summed E-state index contributed by atoms with van der Waals surface area (Å²) in [6.45, 7) is 9.46. The second-order valence-corrected chi connectivity index (χ2v) is 16.9. The standard InChI is InChI=1S/C56H43N/c1-55(2)49-26-13-10-23-44(49)47-35-39(30-32-50(47)55)57(53-33-29-37-17-6-8-21-42(37)54(53)46-24-15-18-36-16-5-7-19-40(36)46)52-27-14-11-20-41(52)38-28-31-45-43-22-9-12-25-48(43)56(3,4)51(45)34-38/h5-35H,1-4H3. The molecule has 0 saturated carbocycles. The summed E-state index contributed by atoms with van der Waals surface area (Å²) < 4.78 is 0. The average molecular weight is 730 g/mol. The highest BCUT2D eigenvalue weighted by molar-refractivity contribution is 6.12. The van der Waals surface area contributed by atoms with Crippen molar-refractivity contribution in [3.8, 4) is 44.5 Å². The van der Waals surface area contributed by atoms with E-state index in [0.29, 0.717) is 0 Å². The van der Waals surface area contributed by atoms with Crippen LogP contribution in [0.1, 0.15) is 49.9 Å². The second kappa shape index (κ2) is 12.4. The van der Waals surface area contributed by atoms with E-state index in [2.05, 4.69) is 221 Å². The van der Waals surface area contributed by atoms with Gasteiger partial charge in [-0.05, 0) is 108 Å². The molecule has 0 atom stereocenters. The van der Waals surface area contributed by atoms with Gasteiger partial charge in [0.2, 0.25) is 0 Å². The second-order valence-electron chi connectivity index (χ2n) is 16.9. The maximum Gasteiger partial charge on any atom is 0.0546 e. The van der Waals surface area contributed by atoms with Crippen molar-refractivity contribution in [3.63, 3.8) is 0 Å². The number of benzene rings is 9. The smallest absolute Gasteiger partial charge is 0.0546 e. The lowest BCUT2D eigenvalue weighted by molar-refractivity contribution is 0.660. The normalized spacial score (nSPS) is 14.2. The third-order valence-corrected chi connectivity index (χ3v) is 13.1. The largest absolute Gasteiger partial charge is 0.309 e. The first-order valence-electron chi connectivity index (χ1n) is 20.2. The highest BCUT2D eigenvalue weighted by Gasteiger charge is 2.37. The van der Waals surface area contributed by atoms with E-state index in [9.17, 15) is 0 Å². The van der Waals surface area contributed by atoms with Gasteiger partial charge in [0.25, 0.3) is 0 Å². The highest BCUT2D eigenvalue weighted by Crippen LogP contribution is 2.54. The number of fused-ring (bicyclic) bond motifs is 8. The number of nitrogens with zero attached hydrogens (tertiary/aromatic N) is 1. The Balaban J connectivity index is 1.21. The molecule has 11 rings (SSSR count). The Kier molecular flexibility index (Phi) is 7.32. The topological polar surface area (TPSA) is 3.24 Å². The van der Waals surface area contributed by atoms with Crippen LogP contribution in [0, 0.1) is 0 Å². The molecule has 0 aliphatic heterocycles. The zero-order valence-electron chi connectivity index (χ0n) is 32.8. The van der Waals surface area contributed by atoms with Crippen LogP contribution < -0.4 is 4.90 Å². The molecule has 1 heteroatoms. The molecule has 0 unspecified atom stereocenters. The maximum absolute atomic E-state index is 2.54. The monoisotopic (exact) mass is 729 g/mol. The molecule has 0 radical (unpaired) electrons. The van der Waals surface area contributed by atoms with Gasteiger partial charge in [0.05, 0.1) is 11.4 Å². The highest BCUT2D eigenvalue weighted by atomic mass is 15.1. The number of hydrogen-bond acceptors (Lipinski definition) is 1. The van der Waals surface area contributed by atoms with Crippen molar-refractivity contribution in [2.45, 2.75) is 38.5 Å². The van der Waals surface area contributed by atoms with Crippen LogP contribution in [0.2, 0.25) is 0 Å². The van der Waals surface area contributed by atoms with Crippen LogP contribution in [-0.2, 0) is 10.8 Å². The minimum absolute atomic E-state index is 0.0843. The van der Waals surface area contributed by atoms with Crippen molar-refractivity contribution < 1.29 is 0 Å². The Bertz CT molecular complexity index is 3080. The summed E-state index contributed by atoms with van der Waals surface area (Å²) in [6, 6.07) is 70.3. The summed E-state index contributed by atoms with van der Waals surface area (Å²) in [5.41, 5.74) is 18.9. The van der Waals surface area contributed by atoms with Crippen LogP contribution in [0.5, 0.6) is 0 Å². The first-order chi connectivity index (χ1) is 27.8. The van der Waals surface area contributed by atoms with E-state index < -0.39 is 0 Å². The number of rotatable bonds is 5. The number of para-hydroxylation sites is 1. The van der Waals surface area contributed by atoms with Crippen LogP contribution in [-0.4, -0.2) is 0 Å². The van der Waals surface area contributed by atoms with E-state index >= 15 is 0 Å². The fourth-order valence-electron chi connectivity index (χ4n) is 10.2. The van der Waals surface area contributed by atoms with Crippen LogP contribution in [0.15, 0.2) is 188 Å². The molecule has 0 saturated heterocycles. The fourth-order valence-corrected chi connectivity index (χ4v) is 10.2. The Labute approximate surface area is 335 Å². The van der Waals surface area contributed by atoms with Crippen molar-refractivity contribution in [1.29, 1.82) is 0 Å². The predicted molar refractivity (Wildman–Crippen MR) is 242 cm³/mol. The molecule has 9 aromatic carbocycles. The van der Waals surface area contributed by atoms with E-state index in [-0.39, 0.29) is 10.8 Å². The SMILES string of the molecule is CC1(C)c2ccccc2-c2cc(N(c3ccccc3-c3ccc4c(c3)C(C)(C)c3ccccc3-4)c3ccc4ccccc4c3-c3cccc4ccccc34)ccc21. The van der Waals surface area contributed by atoms with Crippen molar-refractivity contribution in [2.75, 3.05) is 4.90 Å². The van der Waals surface area contributed by atoms with Gasteiger partial charge in [-0.15, -0.1) is 0 Å². The molecule has 57 heavy (non-hydrogen) atoms. The zero-order chi connectivity index (χ0) is 38.5. The van der Waals surface area contributed by atoms with Gasteiger partial charge in [0, 0.05) is 27.6 Å². The molecule has 2 aliphatic carbocycles. The molecule has 0 aromatic heterocycles. The molecule has 2 aliphatic rings. The maximum atomic E-state index is 2.54. The first-order valence-corrected chi connectivity index (χ1v) is 20.2. The lowest BCUT2D eigenvalue weighted by atomic mass is 9.81. The van der Waals surface area contributed by atoms with Crippen molar-refractivity contribution >= 4 is 38.6 Å². The molecule has 0 fully saturated rings. The summed E-state index contributed by atoms with van der Waals surface area (Å²) in [7, 11) is 0. The molecular weight excluding hydrogens is 687 g/mol. The summed E-state index contributed by atoms with van der Waals surface area (Å²) in [4.78, 5) is 2.54. The summed E-state index contributed by atoms with van der Waals surface area (Å²) in [5, 5.41) is 4.94. The Morgan fingerprint density at radius 2 is 0.877 bits per heavy atom. The van der Waals surface area contributed by atoms with Crippen LogP contribution >= 0.6 is 0 Å². The predicted octanol–water partition coefficient (Wildman–Crippen LogP) is 15.4. The molecule has 0 N–H and O–H groups in total. The molecule has 0 bridgehead atoms. The lowest BCUT2D eigenvalue weighted by Crippen LogP contribution is -2.16. The number of anilines is 3. The van der Waals surface area contributed by atoms with E-state index in [1.165, 1.54) is 88.3 Å². The zero-order valence-corrected chi connectivity index (χ0v) is 32.8. The van der Waals surface area contributed by atoms with E-state index in [0.717, 1.165) is 17.1 Å². The Hall–Kier alpha value is -6.70. The molecule has 272 valence electrons. The van der Waals surface area contributed by atoms with E-state index in [4.69, 9.17) is 0 Å². The van der Waals surface area contributed by atoms with E-state index in [1.54, 1.807) is 0 Å². The van der Waals surface area contributed by atoms with Gasteiger partial charge >= 0.3 is 0 Å². The molecule has 9 aromatic rings. The van der Waals surface area contributed by atoms with Gasteiger partial charge in [-0.3, -0.25) is 0 Å². The minimum Gasteiger partial charge on any atom is -0.309 e. The van der Waals surface area contributed by atoms with Crippen LogP contribution in [0.4, 0.5) is 17.1 Å². The van der Waals surface area contributed by atoms with Gasteiger partial charge in [-0.2, -0.15) is 0 Å². The van der Waals surface area contributed by atoms with Crippen molar-refractivity contribution in [2.24, 2.45) is 0 Å². The molecular formula is C56H43N. The van der Waals surface area contributed by atoms with Gasteiger partial charge in [-0.1, -0.05) is 185 Å². The summed E-state index contributed by atoms with van der Waals surface area (Å²) in [5.74, 6) is 0. The minimum atomic E-state index is -0.101. The quantitative estimate of drug-likeness (QED) is 0.170. The Morgan fingerprint density at radius 3 is 1.65 bits per heavy atom. The Morgan fingerprint density at radius 1 is 0.333 bits per heavy atom. The average Bonchev–Trinajstić information content (AvgIpc) is 3.62. The van der Waals surface area contributed by atoms with Gasteiger partial charge < -0.3 is 4.90 Å². The van der Waals surface area contributed by atoms with Gasteiger partial charge in [-0.25, -0.2) is 0 Å². The third kappa shape index (κ3) is 4.95. The van der Waals surface area contributed by atoms with Gasteiger partial charge in [0.15, 0.2) is 0 Å². The van der Waals surface area contributed by atoms with Crippen LogP contribution in [0.25, 0.3) is 66.1 Å². The summed E-state index contributed by atoms with van der Waals surface area (Å²) >= 11 is 0. The molecule has 0 spiro atoms.